The minimum Gasteiger partial charge on any atom is -0.391 e. The van der Waals surface area contributed by atoms with Crippen LogP contribution in [-0.2, 0) is 18.4 Å². The Morgan fingerprint density at radius 1 is 0.508 bits per heavy atom. The molecule has 0 spiro atoms. The van der Waals surface area contributed by atoms with Crippen LogP contribution < -0.4 is 5.32 Å². The highest BCUT2D eigenvalue weighted by molar-refractivity contribution is 7.47. The number of nitrogens with one attached hydrogen (secondary N) is 1. The van der Waals surface area contributed by atoms with E-state index in [4.69, 9.17) is 9.05 Å². The average Bonchev–Trinajstić information content (AvgIpc) is 3.26. The molecule has 0 heterocycles. The van der Waals surface area contributed by atoms with Crippen molar-refractivity contribution >= 4 is 13.7 Å². The van der Waals surface area contributed by atoms with Crippen LogP contribution in [0.25, 0.3) is 0 Å². The van der Waals surface area contributed by atoms with Gasteiger partial charge in [0, 0.05) is 6.42 Å². The van der Waals surface area contributed by atoms with E-state index in [1.807, 2.05) is 21.1 Å². The number of nitrogens with zero attached hydrogens (tertiary/aromatic N) is 1. The largest absolute Gasteiger partial charge is 0.472 e. The Hall–Kier alpha value is -0.760. The van der Waals surface area contributed by atoms with Gasteiger partial charge in [-0.2, -0.15) is 0 Å². The maximum atomic E-state index is 12.9. The van der Waals surface area contributed by atoms with E-state index in [1.165, 1.54) is 225 Å². The molecule has 0 aromatic carbocycles. The molecule has 0 saturated carbocycles. The zero-order chi connectivity index (χ0) is 47.8. The van der Waals surface area contributed by atoms with Gasteiger partial charge in [0.15, 0.2) is 0 Å². The molecule has 388 valence electrons. The van der Waals surface area contributed by atoms with Crippen molar-refractivity contribution in [1.29, 1.82) is 0 Å². The maximum absolute atomic E-state index is 12.9. The number of quaternary nitrogens is 1. The van der Waals surface area contributed by atoms with E-state index in [2.05, 4.69) is 31.3 Å². The Morgan fingerprint density at radius 2 is 0.831 bits per heavy atom. The molecule has 0 rings (SSSR count). The van der Waals surface area contributed by atoms with E-state index in [9.17, 15) is 19.4 Å². The lowest BCUT2D eigenvalue weighted by molar-refractivity contribution is -0.870. The molecule has 65 heavy (non-hydrogen) atoms. The highest BCUT2D eigenvalue weighted by Crippen LogP contribution is 2.43. The minimum absolute atomic E-state index is 0.0776. The molecule has 0 aliphatic heterocycles. The smallest absolute Gasteiger partial charge is 0.391 e. The van der Waals surface area contributed by atoms with Crippen LogP contribution in [0, 0.1) is 0 Å². The number of hydrogen-bond acceptors (Lipinski definition) is 5. The van der Waals surface area contributed by atoms with Crippen LogP contribution in [0.4, 0.5) is 0 Å². The monoisotopic (exact) mass is 942 g/mol. The van der Waals surface area contributed by atoms with Crippen LogP contribution in [0.2, 0.25) is 0 Å². The molecule has 0 saturated heterocycles. The highest BCUT2D eigenvalue weighted by atomic mass is 31.2. The van der Waals surface area contributed by atoms with Crippen LogP contribution >= 0.6 is 7.82 Å². The molecule has 0 bridgehead atoms. The molecular formula is C56H114N2O6P+. The summed E-state index contributed by atoms with van der Waals surface area (Å²) in [4.78, 5) is 23.2. The Balaban J connectivity index is 3.88. The summed E-state index contributed by atoms with van der Waals surface area (Å²) in [5.74, 6) is -0.140. The maximum Gasteiger partial charge on any atom is 0.472 e. The van der Waals surface area contributed by atoms with Gasteiger partial charge in [0.1, 0.15) is 13.2 Å². The van der Waals surface area contributed by atoms with Gasteiger partial charge in [-0.3, -0.25) is 13.8 Å². The second kappa shape index (κ2) is 48.3. The van der Waals surface area contributed by atoms with Crippen molar-refractivity contribution in [3.8, 4) is 0 Å². The van der Waals surface area contributed by atoms with E-state index < -0.39 is 20.0 Å². The molecule has 8 nitrogen and oxygen atoms in total. The average molecular weight is 943 g/mol. The lowest BCUT2D eigenvalue weighted by atomic mass is 10.0. The van der Waals surface area contributed by atoms with Gasteiger partial charge in [-0.15, -0.1) is 0 Å². The number of likely N-dealkylation sites (N-methyl/N-ethyl adjacent to an activating group) is 1. The van der Waals surface area contributed by atoms with Crippen LogP contribution in [0.1, 0.15) is 290 Å². The van der Waals surface area contributed by atoms with Crippen molar-refractivity contribution in [3.63, 3.8) is 0 Å². The van der Waals surface area contributed by atoms with Crippen molar-refractivity contribution in [1.82, 2.24) is 5.32 Å². The third-order valence-electron chi connectivity index (χ3n) is 13.3. The van der Waals surface area contributed by atoms with Crippen LogP contribution in [0.5, 0.6) is 0 Å². The van der Waals surface area contributed by atoms with Gasteiger partial charge in [0.25, 0.3) is 0 Å². The Labute approximate surface area is 405 Å². The first-order valence-corrected chi connectivity index (χ1v) is 30.0. The molecule has 0 fully saturated rings. The first-order chi connectivity index (χ1) is 31.5. The predicted octanol–water partition coefficient (Wildman–Crippen LogP) is 17.0. The number of rotatable bonds is 53. The second-order valence-corrected chi connectivity index (χ2v) is 22.5. The normalized spacial score (nSPS) is 14.0. The predicted molar refractivity (Wildman–Crippen MR) is 282 cm³/mol. The van der Waals surface area contributed by atoms with Gasteiger partial charge in [-0.1, -0.05) is 257 Å². The summed E-state index contributed by atoms with van der Waals surface area (Å²) in [6.07, 6.45) is 58.7. The number of carbonyl (C=O) groups excluding carboxylic acids is 1. The number of allylic oxidation sites excluding steroid dienone is 2. The second-order valence-electron chi connectivity index (χ2n) is 21.0. The van der Waals surface area contributed by atoms with E-state index in [0.29, 0.717) is 23.9 Å². The number of aliphatic hydroxyl groups is 1. The zero-order valence-electron chi connectivity index (χ0n) is 44.3. The standard InChI is InChI=1S/C56H113N2O6P/c1-6-8-10-12-14-16-18-19-20-21-22-23-24-25-26-27-28-29-30-31-32-33-34-35-36-37-38-39-40-42-44-46-48-50-56(60)57-54(53-64-65(61,62)63-52-51-58(3,4)5)55(59)49-47-45-43-41-17-15-13-11-9-7-2/h21-22,54-55,59H,6-20,23-53H2,1-5H3,(H-,57,60,61,62)/p+1/b22-21-. The summed E-state index contributed by atoms with van der Waals surface area (Å²) in [5, 5.41) is 14.0. The van der Waals surface area contributed by atoms with Gasteiger partial charge in [-0.25, -0.2) is 4.57 Å². The molecule has 0 radical (unpaired) electrons. The number of amides is 1. The van der Waals surface area contributed by atoms with E-state index in [-0.39, 0.29) is 19.1 Å². The molecule has 3 N–H and O–H groups in total. The molecule has 9 heteroatoms. The number of phosphoric acid groups is 1. The third kappa shape index (κ3) is 50.9. The van der Waals surface area contributed by atoms with Crippen LogP contribution in [-0.4, -0.2) is 73.4 Å². The lowest BCUT2D eigenvalue weighted by Gasteiger charge is -2.26. The van der Waals surface area contributed by atoms with Crippen LogP contribution in [0.15, 0.2) is 12.2 Å². The quantitative estimate of drug-likeness (QED) is 0.0243. The third-order valence-corrected chi connectivity index (χ3v) is 14.2. The molecule has 3 atom stereocenters. The summed E-state index contributed by atoms with van der Waals surface area (Å²) in [5.41, 5.74) is 0. The van der Waals surface area contributed by atoms with Gasteiger partial charge >= 0.3 is 7.82 Å². The lowest BCUT2D eigenvalue weighted by Crippen LogP contribution is -2.46. The van der Waals surface area contributed by atoms with Gasteiger partial charge in [0.2, 0.25) is 5.91 Å². The molecule has 3 unspecified atom stereocenters. The topological polar surface area (TPSA) is 105 Å². The summed E-state index contributed by atoms with van der Waals surface area (Å²) >= 11 is 0. The number of carbonyl (C=O) groups is 1. The fourth-order valence-corrected chi connectivity index (χ4v) is 9.49. The summed E-state index contributed by atoms with van der Waals surface area (Å²) < 4.78 is 23.7. The number of hydrogen-bond donors (Lipinski definition) is 3. The first-order valence-electron chi connectivity index (χ1n) is 28.6. The Bertz CT molecular complexity index is 1070. The number of aliphatic hydroxyl groups excluding tert-OH is 1. The molecular weight excluding hydrogens is 828 g/mol. The van der Waals surface area contributed by atoms with E-state index in [1.54, 1.807) is 0 Å². The fourth-order valence-electron chi connectivity index (χ4n) is 8.75. The molecule has 1 amide bonds. The van der Waals surface area contributed by atoms with Gasteiger partial charge in [0.05, 0.1) is 39.9 Å². The van der Waals surface area contributed by atoms with Crippen molar-refractivity contribution < 1.29 is 32.9 Å². The fraction of sp³-hybridized carbons (Fsp3) is 0.946. The van der Waals surface area contributed by atoms with Crippen LogP contribution in [0.3, 0.4) is 0 Å². The summed E-state index contributed by atoms with van der Waals surface area (Å²) in [7, 11) is 1.63. The first kappa shape index (κ1) is 64.2. The SMILES string of the molecule is CCCCCCCCCC/C=C\CCCCCCCCCCCCCCCCCCCCCCCC(=O)NC(COP(=O)(O)OCC[N+](C)(C)C)C(O)CCCCCCCCCCCC. The Morgan fingerprint density at radius 3 is 1.18 bits per heavy atom. The molecule has 0 aromatic heterocycles. The highest BCUT2D eigenvalue weighted by Gasteiger charge is 2.28. The van der Waals surface area contributed by atoms with Crippen molar-refractivity contribution in [2.45, 2.75) is 302 Å². The van der Waals surface area contributed by atoms with E-state index >= 15 is 0 Å². The minimum atomic E-state index is -4.31. The molecule has 0 aliphatic rings. The number of unbranched alkanes of at least 4 members (excludes halogenated alkanes) is 38. The van der Waals surface area contributed by atoms with E-state index in [0.717, 1.165) is 38.5 Å². The number of phosphoric ester groups is 1. The molecule has 0 aromatic rings. The van der Waals surface area contributed by atoms with Crippen molar-refractivity contribution in [3.05, 3.63) is 12.2 Å². The summed E-state index contributed by atoms with van der Waals surface area (Å²) in [6.45, 7) is 4.90. The zero-order valence-corrected chi connectivity index (χ0v) is 45.2. The Kier molecular flexibility index (Phi) is 47.7. The van der Waals surface area contributed by atoms with Crippen molar-refractivity contribution in [2.24, 2.45) is 0 Å². The van der Waals surface area contributed by atoms with Crippen molar-refractivity contribution in [2.75, 3.05) is 40.9 Å². The van der Waals surface area contributed by atoms with Gasteiger partial charge < -0.3 is 19.8 Å². The summed E-state index contributed by atoms with van der Waals surface area (Å²) in [6, 6.07) is -0.754. The molecule has 0 aliphatic carbocycles. The van der Waals surface area contributed by atoms with Gasteiger partial charge in [-0.05, 0) is 38.5 Å².